The van der Waals surface area contributed by atoms with Crippen molar-refractivity contribution in [2.75, 3.05) is 45.2 Å². The van der Waals surface area contributed by atoms with Crippen molar-refractivity contribution in [2.45, 2.75) is 217 Å². The van der Waals surface area contributed by atoms with Crippen LogP contribution in [0.3, 0.4) is 0 Å². The number of aliphatic hydroxyl groups is 1. The van der Waals surface area contributed by atoms with Crippen LogP contribution in [0.1, 0.15) is 123 Å². The zero-order valence-electron chi connectivity index (χ0n) is 80.8. The zero-order valence-corrected chi connectivity index (χ0v) is 81.6. The lowest BCUT2D eigenvalue weighted by Crippen LogP contribution is -2.62. The number of H-pyrrole nitrogens is 1. The predicted octanol–water partition coefficient (Wildman–Crippen LogP) is -2.73. The largest absolute Gasteiger partial charge is 0.508 e. The first-order valence-electron chi connectivity index (χ1n) is 46.3. The summed E-state index contributed by atoms with van der Waals surface area (Å²) in [5.74, 6) is -24.5. The summed E-state index contributed by atoms with van der Waals surface area (Å²) in [6, 6.07) is 12.6. The Morgan fingerprint density at radius 3 is 1.42 bits per heavy atom. The molecule has 1 aliphatic rings. The predicted molar refractivity (Wildman–Crippen MR) is 526 cm³/mol. The Bertz CT molecular complexity index is 5440. The molecule has 29 N–H and O–H groups in total. The van der Waals surface area contributed by atoms with Crippen LogP contribution in [-0.2, 0) is 112 Å². The molecule has 2 heterocycles. The van der Waals surface area contributed by atoms with Crippen LogP contribution in [0.25, 0.3) is 22.0 Å². The number of fused-ring (bicyclic) bond motifs is 1. The number of nitrogens with one attached hydrogen (secondary N) is 18. The number of amides is 17. The fourth-order valence-electron chi connectivity index (χ4n) is 15.5. The van der Waals surface area contributed by atoms with E-state index in [4.69, 9.17) is 33.8 Å². The van der Waals surface area contributed by atoms with Gasteiger partial charge in [0, 0.05) is 75.7 Å². The molecule has 1 aromatic heterocycles. The summed E-state index contributed by atoms with van der Waals surface area (Å²) in [4.78, 5) is 268. The second-order valence-corrected chi connectivity index (χ2v) is 36.9. The van der Waals surface area contributed by atoms with E-state index in [9.17, 15) is 63.3 Å². The van der Waals surface area contributed by atoms with Gasteiger partial charge in [-0.3, -0.25) is 97.1 Å². The monoisotopic (exact) mass is 1990 g/mol. The molecule has 0 radical (unpaired) electrons. The van der Waals surface area contributed by atoms with Gasteiger partial charge in [-0.1, -0.05) is 157 Å². The standard InChI is InChI=1S/C96H132N24O21S/c1-50(2)39-66-87(134)117-79(52(5)6)91(138)118-80(54(8)121)92(139)115-72(81(128)106-47-75(98)124)48-142-49-76(125)107-70(44-74(97)123)85(132)111-67(41-57-31-35-61(122)36-32-57)84(131)113-71(45-77(126)127)86(133)112-69(43-60-46-105-63-26-18-17-25-62(60)63)88(135)116-78(51(3)4)90(137)114-68(40-56-29-33-59(34-30-56)58-23-15-12-16-24-58)83(130)109-65(28-20-38-104-96(101)102)94(141)119(9)53(7)93(140)120(10)73(42-55-21-13-11-14-22-55)89(136)108-64(82(129)110-66)27-19-37-103-95(99)100/h11-18,21-26,29-36,46,50-54,64-73,78-80,105,121-122H,19-20,27-28,37-45,47-49H2,1-10H3,(H2,97,123)(H2,98,124)(H,106,128)(H,107,125)(H,108,136)(H,109,130)(H,110,129)(H,111,132)(H,112,133)(H,113,131)(H,114,137)(H,115,139)(H,116,135)(H,117,134)(H,118,138)(H,126,127)(H4,99,100,103)(H4,101,102,104)/t53-,54+,64-,65-,66-,67-,68-,69-,70-,71-,72-,73-,78-,79-,80-/m0/s1. The molecule has 1 saturated heterocycles. The molecule has 0 saturated carbocycles. The van der Waals surface area contributed by atoms with Gasteiger partial charge in [-0.05, 0) is 115 Å². The van der Waals surface area contributed by atoms with E-state index in [1.807, 2.05) is 30.3 Å². The number of aromatic hydroxyl groups is 1. The van der Waals surface area contributed by atoms with Gasteiger partial charge in [0.1, 0.15) is 90.3 Å². The number of carboxylic acids is 1. The van der Waals surface area contributed by atoms with Gasteiger partial charge < -0.3 is 133 Å². The van der Waals surface area contributed by atoms with E-state index in [0.717, 1.165) is 27.9 Å². The number of hydrogen-bond donors (Lipinski definition) is 25. The van der Waals surface area contributed by atoms with E-state index in [1.165, 1.54) is 65.3 Å². The number of aliphatic carboxylic acids is 1. The van der Waals surface area contributed by atoms with Crippen molar-refractivity contribution in [3.8, 4) is 16.9 Å². The molecule has 0 spiro atoms. The molecule has 45 nitrogen and oxygen atoms in total. The minimum absolute atomic E-state index is 0.0172. The number of para-hydroxylation sites is 1. The lowest BCUT2D eigenvalue weighted by atomic mass is 9.98. The lowest BCUT2D eigenvalue weighted by Gasteiger charge is -2.35. The van der Waals surface area contributed by atoms with Crippen LogP contribution in [0.5, 0.6) is 5.75 Å². The number of carbonyl (C=O) groups is 18. The number of nitrogens with zero attached hydrogens (tertiary/aromatic N) is 2. The molecule has 15 atom stereocenters. The highest BCUT2D eigenvalue weighted by Gasteiger charge is 2.43. The summed E-state index contributed by atoms with van der Waals surface area (Å²) in [7, 11) is 2.56. The van der Waals surface area contributed by atoms with E-state index in [0.29, 0.717) is 39.4 Å². The summed E-state index contributed by atoms with van der Waals surface area (Å²) < 4.78 is 0. The number of rotatable bonds is 29. The van der Waals surface area contributed by atoms with E-state index in [1.54, 1.807) is 107 Å². The molecule has 0 aliphatic carbocycles. The topological polar surface area (TPSA) is 722 Å². The van der Waals surface area contributed by atoms with Crippen LogP contribution in [0.15, 0.2) is 140 Å². The Morgan fingerprint density at radius 1 is 0.451 bits per heavy atom. The summed E-state index contributed by atoms with van der Waals surface area (Å²) in [5, 5.41) is 86.6. The van der Waals surface area contributed by atoms with E-state index in [-0.39, 0.29) is 75.3 Å². The second kappa shape index (κ2) is 55.5. The van der Waals surface area contributed by atoms with Crippen molar-refractivity contribution in [2.24, 2.45) is 40.7 Å². The number of hydrogen-bond acceptors (Lipinski definition) is 23. The summed E-state index contributed by atoms with van der Waals surface area (Å²) >= 11 is 0.603. The van der Waals surface area contributed by atoms with Crippen LogP contribution in [0, 0.1) is 28.6 Å². The Hall–Kier alpha value is -15.2. The zero-order chi connectivity index (χ0) is 105. The molecule has 0 unspecified atom stereocenters. The molecule has 1 aliphatic heterocycles. The average molecular weight is 1990 g/mol. The normalized spacial score (nSPS) is 22.7. The molecule has 46 heteroatoms. The van der Waals surface area contributed by atoms with E-state index < -0.39 is 265 Å². The number of phenols is 1. The Labute approximate surface area is 825 Å². The van der Waals surface area contributed by atoms with Crippen LogP contribution in [0.2, 0.25) is 0 Å². The van der Waals surface area contributed by atoms with Crippen molar-refractivity contribution in [3.63, 3.8) is 0 Å². The highest BCUT2D eigenvalue weighted by molar-refractivity contribution is 8.00. The number of benzene rings is 5. The number of phenolic OH excluding ortho intramolecular Hbond substituents is 1. The van der Waals surface area contributed by atoms with Crippen molar-refractivity contribution < 1.29 is 102 Å². The number of aliphatic hydroxyl groups excluding tert-OH is 1. The first-order valence-corrected chi connectivity index (χ1v) is 47.5. The molecule has 5 aromatic carbocycles. The molecule has 142 heavy (non-hydrogen) atoms. The fraction of sp³-hybridized carbons (Fsp3) is 0.458. The number of aromatic nitrogens is 1. The van der Waals surface area contributed by atoms with Crippen molar-refractivity contribution in [1.29, 1.82) is 10.8 Å². The minimum Gasteiger partial charge on any atom is -0.508 e. The Morgan fingerprint density at radius 2 is 0.887 bits per heavy atom. The molecule has 1 fully saturated rings. The highest BCUT2D eigenvalue weighted by atomic mass is 32.2. The maximum atomic E-state index is 15.6. The molecular formula is C96H132N24O21S. The van der Waals surface area contributed by atoms with E-state index >= 15 is 38.4 Å². The van der Waals surface area contributed by atoms with Crippen LogP contribution < -0.4 is 103 Å². The van der Waals surface area contributed by atoms with E-state index in [2.05, 4.69) is 84.7 Å². The number of carbonyl (C=O) groups excluding carboxylic acids is 17. The SMILES string of the molecule is CC(C)C[C@@H]1NC(=O)[C@H](CCCNC(=N)N)NC(=O)[C@H](Cc2ccccc2)N(C)C(=O)[C@H](C)N(C)C(=O)[C@H](CCCNC(=N)N)NC(=O)[C@H](Cc2ccc(-c3ccccc3)cc2)NC(=O)[C@H](C(C)C)NC(=O)[C@H](Cc2c[nH]c3ccccc23)NC(=O)[C@H](CC(=O)O)NC(=O)[C@H](Cc2ccc(O)cc2)NC(=O)[C@H](CC(N)=O)NC(=O)CSC[C@@H](C(=O)NCC(N)=O)NC(=O)[C@H]([C@@H](C)O)NC(=O)[C@H](C(C)C)NC1=O. The number of likely N-dealkylation sites (N-methyl/N-ethyl adjacent to an activating group) is 2. The van der Waals surface area contributed by atoms with Crippen LogP contribution in [0.4, 0.5) is 0 Å². The number of guanidine groups is 2. The van der Waals surface area contributed by atoms with Crippen LogP contribution in [-0.4, -0.2) is 284 Å². The quantitative estimate of drug-likeness (QED) is 0.0129. The molecular weight excluding hydrogens is 1860 g/mol. The smallest absolute Gasteiger partial charge is 0.305 e. The number of nitrogens with two attached hydrogens (primary N) is 4. The molecule has 7 rings (SSSR count). The molecule has 17 amide bonds. The fourth-order valence-corrected chi connectivity index (χ4v) is 16.3. The summed E-state index contributed by atoms with van der Waals surface area (Å²) in [6.45, 7) is 11.2. The third-order valence-electron chi connectivity index (χ3n) is 23.3. The second-order valence-electron chi connectivity index (χ2n) is 35.8. The van der Waals surface area contributed by atoms with Gasteiger partial charge >= 0.3 is 5.97 Å². The first kappa shape index (κ1) is 114. The number of primary amides is 2. The van der Waals surface area contributed by atoms with Gasteiger partial charge in [-0.2, -0.15) is 0 Å². The number of thioether (sulfide) groups is 1. The van der Waals surface area contributed by atoms with Gasteiger partial charge in [0.25, 0.3) is 0 Å². The maximum Gasteiger partial charge on any atom is 0.305 e. The lowest BCUT2D eigenvalue weighted by molar-refractivity contribution is -0.148. The number of carboxylic acid groups (broad SMARTS) is 1. The van der Waals surface area contributed by atoms with Crippen LogP contribution >= 0.6 is 11.8 Å². The Balaban J connectivity index is 1.36. The third kappa shape index (κ3) is 36.2. The first-order chi connectivity index (χ1) is 67.2. The maximum absolute atomic E-state index is 15.6. The molecule has 6 aromatic rings. The van der Waals surface area contributed by atoms with Gasteiger partial charge in [-0.25, -0.2) is 0 Å². The van der Waals surface area contributed by atoms with Crippen molar-refractivity contribution in [3.05, 3.63) is 162 Å². The average Bonchev–Trinajstić information content (AvgIpc) is 1.66. The molecule has 0 bridgehead atoms. The van der Waals surface area contributed by atoms with Crippen molar-refractivity contribution in [1.82, 2.24) is 94.5 Å². The van der Waals surface area contributed by atoms with Crippen molar-refractivity contribution >= 4 is 141 Å². The number of aromatic amines is 1. The van der Waals surface area contributed by atoms with Gasteiger partial charge in [0.2, 0.25) is 100 Å². The van der Waals surface area contributed by atoms with Gasteiger partial charge in [-0.15, -0.1) is 11.8 Å². The molecule has 768 valence electrons. The highest BCUT2D eigenvalue weighted by Crippen LogP contribution is 2.25. The van der Waals surface area contributed by atoms with Gasteiger partial charge in [0.05, 0.1) is 31.2 Å². The summed E-state index contributed by atoms with van der Waals surface area (Å²) in [6.07, 6.45) is -4.41. The van der Waals surface area contributed by atoms with Gasteiger partial charge in [0.15, 0.2) is 11.9 Å². The third-order valence-corrected chi connectivity index (χ3v) is 24.4. The minimum atomic E-state index is -2.14. The Kier molecular flexibility index (Phi) is 44.5. The summed E-state index contributed by atoms with van der Waals surface area (Å²) in [5.41, 5.74) is 26.1.